The average molecular weight is 359 g/mol. The maximum atomic E-state index is 13.2. The molecule has 3 aromatic rings. The summed E-state index contributed by atoms with van der Waals surface area (Å²) in [5.74, 6) is -1.18. The van der Waals surface area contributed by atoms with Crippen molar-refractivity contribution < 1.29 is 14.3 Å². The molecule has 4 nitrogen and oxygen atoms in total. The molecule has 2 aromatic carbocycles. The number of aromatic nitrogens is 1. The van der Waals surface area contributed by atoms with Gasteiger partial charge in [0, 0.05) is 29.6 Å². The summed E-state index contributed by atoms with van der Waals surface area (Å²) in [5, 5.41) is 10.5. The van der Waals surface area contributed by atoms with Gasteiger partial charge in [-0.25, -0.2) is 4.39 Å². The van der Waals surface area contributed by atoms with Gasteiger partial charge in [0.2, 0.25) is 0 Å². The normalized spacial score (nSPS) is 17.6. The maximum Gasteiger partial charge on any atom is 0.322 e. The zero-order valence-electron chi connectivity index (χ0n) is 13.3. The number of nitrogens with zero attached hydrogens (tertiary/aromatic N) is 2. The molecule has 4 rings (SSSR count). The summed E-state index contributed by atoms with van der Waals surface area (Å²) in [6.45, 7) is 0.933. The maximum absolute atomic E-state index is 13.2. The Bertz CT molecular complexity index is 952. The van der Waals surface area contributed by atoms with Crippen LogP contribution < -0.4 is 0 Å². The molecule has 128 valence electrons. The first-order valence-corrected chi connectivity index (χ1v) is 8.37. The van der Waals surface area contributed by atoms with Crippen molar-refractivity contribution in [2.45, 2.75) is 25.6 Å². The van der Waals surface area contributed by atoms with Gasteiger partial charge in [-0.3, -0.25) is 4.79 Å². The van der Waals surface area contributed by atoms with Crippen LogP contribution in [0.3, 0.4) is 0 Å². The van der Waals surface area contributed by atoms with Crippen LogP contribution in [0.25, 0.3) is 10.9 Å². The van der Waals surface area contributed by atoms with Crippen molar-refractivity contribution in [1.29, 1.82) is 0 Å². The number of halogens is 2. The largest absolute Gasteiger partial charge is 0.480 e. The molecule has 0 fully saturated rings. The first-order valence-electron chi connectivity index (χ1n) is 8.03. The van der Waals surface area contributed by atoms with Crippen LogP contribution in [0.15, 0.2) is 48.5 Å². The van der Waals surface area contributed by atoms with Crippen molar-refractivity contribution in [3.8, 4) is 0 Å². The molecule has 2 heterocycles. The highest BCUT2D eigenvalue weighted by molar-refractivity contribution is 6.15. The molecule has 1 atom stereocenters. The van der Waals surface area contributed by atoms with Crippen LogP contribution >= 0.6 is 11.8 Å². The lowest BCUT2D eigenvalue weighted by atomic mass is 9.98. The second-order valence-corrected chi connectivity index (χ2v) is 6.71. The number of carboxylic acid groups (broad SMARTS) is 1. The Morgan fingerprint density at radius 2 is 1.92 bits per heavy atom. The molecule has 1 aromatic heterocycles. The number of carboxylic acids is 1. The summed E-state index contributed by atoms with van der Waals surface area (Å²) >= 11 is 6.22. The first kappa shape index (κ1) is 16.1. The summed E-state index contributed by atoms with van der Waals surface area (Å²) in [4.78, 5) is 11.5. The zero-order valence-corrected chi connectivity index (χ0v) is 14.1. The summed E-state index contributed by atoms with van der Waals surface area (Å²) in [6.07, 6.45) is 0.366. The van der Waals surface area contributed by atoms with Crippen LogP contribution in [0.2, 0.25) is 0 Å². The Kier molecular flexibility index (Phi) is 3.98. The van der Waals surface area contributed by atoms with Crippen LogP contribution in [0.5, 0.6) is 0 Å². The van der Waals surface area contributed by atoms with Crippen molar-refractivity contribution in [3.63, 3.8) is 0 Å². The van der Waals surface area contributed by atoms with Gasteiger partial charge in [-0.05, 0) is 41.1 Å². The second kappa shape index (κ2) is 6.17. The minimum Gasteiger partial charge on any atom is -0.480 e. The van der Waals surface area contributed by atoms with Gasteiger partial charge < -0.3 is 9.67 Å². The second-order valence-electron chi connectivity index (χ2n) is 6.27. The fourth-order valence-corrected chi connectivity index (χ4v) is 3.81. The van der Waals surface area contributed by atoms with E-state index in [0.29, 0.717) is 19.5 Å². The number of fused-ring (bicyclic) bond motifs is 3. The highest BCUT2D eigenvalue weighted by atomic mass is 35.5. The highest BCUT2D eigenvalue weighted by Gasteiger charge is 2.34. The SMILES string of the molecule is O=C(O)[C@@H]1Cc2c(n(Cc3ccc(F)cc3)c3ccccc23)CN1Cl. The molecule has 0 aliphatic carbocycles. The molecule has 1 aliphatic rings. The average Bonchev–Trinajstić information content (AvgIpc) is 2.89. The zero-order chi connectivity index (χ0) is 17.6. The predicted octanol–water partition coefficient (Wildman–Crippen LogP) is 3.79. The van der Waals surface area contributed by atoms with Crippen LogP contribution in [-0.2, 0) is 24.3 Å². The number of aliphatic carboxylic acids is 1. The molecule has 0 bridgehead atoms. The monoisotopic (exact) mass is 358 g/mol. The minimum atomic E-state index is -0.920. The quantitative estimate of drug-likeness (QED) is 0.724. The van der Waals surface area contributed by atoms with E-state index in [2.05, 4.69) is 4.57 Å². The van der Waals surface area contributed by atoms with Crippen LogP contribution in [0, 0.1) is 5.82 Å². The third-order valence-electron chi connectivity index (χ3n) is 4.77. The van der Waals surface area contributed by atoms with Gasteiger partial charge in [0.05, 0.1) is 6.54 Å². The lowest BCUT2D eigenvalue weighted by molar-refractivity contribution is -0.141. The molecular formula is C19H16ClFN2O2. The summed E-state index contributed by atoms with van der Waals surface area (Å²) < 4.78 is 16.7. The standard InChI is InChI=1S/C19H16ClFN2O2/c20-23-11-18-15(9-17(23)19(24)25)14-3-1-2-4-16(14)22(18)10-12-5-7-13(21)8-6-12/h1-8,17H,9-11H2,(H,24,25)/t17-/m0/s1. The minimum absolute atomic E-state index is 0.264. The van der Waals surface area contributed by atoms with E-state index in [-0.39, 0.29) is 5.82 Å². The van der Waals surface area contributed by atoms with E-state index in [1.807, 2.05) is 24.3 Å². The van der Waals surface area contributed by atoms with Crippen molar-refractivity contribution in [3.05, 3.63) is 71.2 Å². The van der Waals surface area contributed by atoms with Gasteiger partial charge in [-0.15, -0.1) is 0 Å². The third kappa shape index (κ3) is 2.79. The van der Waals surface area contributed by atoms with Crippen molar-refractivity contribution in [1.82, 2.24) is 8.99 Å². The smallest absolute Gasteiger partial charge is 0.322 e. The number of carbonyl (C=O) groups is 1. The van der Waals surface area contributed by atoms with Gasteiger partial charge >= 0.3 is 5.97 Å². The fourth-order valence-electron chi connectivity index (χ4n) is 3.54. The summed E-state index contributed by atoms with van der Waals surface area (Å²) in [5.41, 5.74) is 4.06. The number of para-hydroxylation sites is 1. The number of hydrogen-bond donors (Lipinski definition) is 1. The Morgan fingerprint density at radius 1 is 1.20 bits per heavy atom. The van der Waals surface area contributed by atoms with Gasteiger partial charge in [0.15, 0.2) is 0 Å². The lowest BCUT2D eigenvalue weighted by Gasteiger charge is -2.28. The molecule has 1 aliphatic heterocycles. The van der Waals surface area contributed by atoms with E-state index in [0.717, 1.165) is 27.7 Å². The summed E-state index contributed by atoms with van der Waals surface area (Å²) in [7, 11) is 0. The number of rotatable bonds is 3. The van der Waals surface area contributed by atoms with E-state index in [1.165, 1.54) is 16.6 Å². The van der Waals surface area contributed by atoms with E-state index >= 15 is 0 Å². The molecule has 1 N–H and O–H groups in total. The molecule has 0 spiro atoms. The van der Waals surface area contributed by atoms with Crippen molar-refractivity contribution >= 4 is 28.6 Å². The Hall–Kier alpha value is -2.37. The Morgan fingerprint density at radius 3 is 2.64 bits per heavy atom. The van der Waals surface area contributed by atoms with E-state index in [9.17, 15) is 14.3 Å². The Balaban J connectivity index is 1.84. The number of hydrogen-bond acceptors (Lipinski definition) is 2. The molecule has 0 saturated carbocycles. The van der Waals surface area contributed by atoms with E-state index in [1.54, 1.807) is 12.1 Å². The van der Waals surface area contributed by atoms with Gasteiger partial charge in [0.25, 0.3) is 0 Å². The third-order valence-corrected chi connectivity index (χ3v) is 5.12. The topological polar surface area (TPSA) is 45.5 Å². The van der Waals surface area contributed by atoms with Gasteiger partial charge in [-0.1, -0.05) is 30.3 Å². The lowest BCUT2D eigenvalue weighted by Crippen LogP contribution is -2.40. The molecule has 6 heteroatoms. The van der Waals surface area contributed by atoms with E-state index in [4.69, 9.17) is 11.8 Å². The summed E-state index contributed by atoms with van der Waals surface area (Å²) in [6, 6.07) is 13.6. The molecule has 0 amide bonds. The molecule has 0 radical (unpaired) electrons. The molecular weight excluding hydrogens is 343 g/mol. The van der Waals surface area contributed by atoms with Gasteiger partial charge in [0.1, 0.15) is 11.9 Å². The predicted molar refractivity (Wildman–Crippen MR) is 94.0 cm³/mol. The molecule has 0 saturated heterocycles. The number of benzene rings is 2. The van der Waals surface area contributed by atoms with Gasteiger partial charge in [-0.2, -0.15) is 4.42 Å². The molecule has 0 unspecified atom stereocenters. The highest BCUT2D eigenvalue weighted by Crippen LogP contribution is 2.34. The van der Waals surface area contributed by atoms with Crippen LogP contribution in [-0.4, -0.2) is 26.1 Å². The van der Waals surface area contributed by atoms with E-state index < -0.39 is 12.0 Å². The fraction of sp³-hybridized carbons (Fsp3) is 0.211. The van der Waals surface area contributed by atoms with Crippen molar-refractivity contribution in [2.24, 2.45) is 0 Å². The molecule has 25 heavy (non-hydrogen) atoms. The van der Waals surface area contributed by atoms with Crippen LogP contribution in [0.1, 0.15) is 16.8 Å². The van der Waals surface area contributed by atoms with Crippen molar-refractivity contribution in [2.75, 3.05) is 0 Å². The van der Waals surface area contributed by atoms with Crippen LogP contribution in [0.4, 0.5) is 4.39 Å². The first-order chi connectivity index (χ1) is 12.0. The Labute approximate surface area is 149 Å².